The number of esters is 1. The molecular formula is C23H45NO4. The van der Waals surface area contributed by atoms with Crippen LogP contribution in [0.25, 0.3) is 0 Å². The summed E-state index contributed by atoms with van der Waals surface area (Å²) in [6.07, 6.45) is 11.5. The maximum absolute atomic E-state index is 12.3. The molecule has 0 spiro atoms. The monoisotopic (exact) mass is 408 g/mol. The van der Waals surface area contributed by atoms with E-state index in [1.807, 2.05) is 0 Å². The average Bonchev–Trinajstić information content (AvgIpc) is 2.72. The van der Waals surface area contributed by atoms with Crippen molar-refractivity contribution in [2.45, 2.75) is 109 Å². The van der Waals surface area contributed by atoms with Crippen LogP contribution in [0.5, 0.6) is 0 Å². The van der Waals surface area contributed by atoms with Crippen molar-refractivity contribution in [2.24, 2.45) is 0 Å². The number of nitrogens with zero attached hydrogens (tertiary/aromatic N) is 1. The van der Waals surface area contributed by atoms with Crippen LogP contribution in [0.3, 0.4) is 0 Å². The number of aliphatic carboxylic acids is 1. The number of ether oxygens (including phenoxy) is 1. The van der Waals surface area contributed by atoms with Gasteiger partial charge in [-0.2, -0.15) is 0 Å². The summed E-state index contributed by atoms with van der Waals surface area (Å²) >= 11 is 0. The van der Waals surface area contributed by atoms with Gasteiger partial charge in [0, 0.05) is 18.8 Å². The fourth-order valence-corrected chi connectivity index (χ4v) is 3.17. The van der Waals surface area contributed by atoms with E-state index in [-0.39, 0.29) is 6.42 Å². The Morgan fingerprint density at radius 3 is 1.75 bits per heavy atom. The molecule has 0 saturated heterocycles. The van der Waals surface area contributed by atoms with Gasteiger partial charge in [-0.25, -0.2) is 0 Å². The molecule has 0 saturated carbocycles. The van der Waals surface area contributed by atoms with E-state index < -0.39 is 56.4 Å². The Hall–Kier alpha value is -1.10. The van der Waals surface area contributed by atoms with Crippen molar-refractivity contribution in [1.82, 2.24) is 0 Å². The summed E-state index contributed by atoms with van der Waals surface area (Å²) in [5.41, 5.74) is 0. The molecule has 0 amide bonds. The van der Waals surface area contributed by atoms with Gasteiger partial charge in [0.2, 0.25) is 0 Å². The zero-order valence-electron chi connectivity index (χ0n) is 26.5. The van der Waals surface area contributed by atoms with Gasteiger partial charge in [0.05, 0.1) is 33.3 Å². The third-order valence-corrected chi connectivity index (χ3v) is 4.65. The quantitative estimate of drug-likeness (QED) is 0.182. The maximum Gasteiger partial charge on any atom is 0.306 e. The third kappa shape index (κ3) is 19.7. The highest BCUT2D eigenvalue weighted by atomic mass is 16.5. The number of rotatable bonds is 19. The molecular weight excluding hydrogens is 354 g/mol. The third-order valence-electron chi connectivity index (χ3n) is 4.65. The topological polar surface area (TPSA) is 66.4 Å². The number of hydrogen-bond donors (Lipinski definition) is 0. The van der Waals surface area contributed by atoms with Crippen molar-refractivity contribution in [3.05, 3.63) is 0 Å². The Bertz CT molecular complexity index is 628. The molecule has 5 nitrogen and oxygen atoms in total. The molecule has 5 heteroatoms. The predicted molar refractivity (Wildman–Crippen MR) is 113 cm³/mol. The van der Waals surface area contributed by atoms with E-state index in [9.17, 15) is 14.7 Å². The van der Waals surface area contributed by atoms with E-state index in [1.54, 1.807) is 0 Å². The highest BCUT2D eigenvalue weighted by Crippen LogP contribution is 2.13. The normalized spacial score (nSPS) is 18.8. The van der Waals surface area contributed by atoms with Gasteiger partial charge in [-0.1, -0.05) is 84.0 Å². The molecule has 1 atom stereocenters. The molecule has 166 valence electrons. The van der Waals surface area contributed by atoms with Crippen molar-refractivity contribution < 1.29 is 36.3 Å². The summed E-state index contributed by atoms with van der Waals surface area (Å²) in [5, 5.41) is 11.2. The van der Waals surface area contributed by atoms with E-state index in [2.05, 4.69) is 6.92 Å². The number of carboxylic acid groups (broad SMARTS) is 1. The molecule has 0 aliphatic heterocycles. The highest BCUT2D eigenvalue weighted by molar-refractivity contribution is 5.70. The Balaban J connectivity index is 4.71. The van der Waals surface area contributed by atoms with Gasteiger partial charge in [-0.3, -0.25) is 4.79 Å². The minimum atomic E-state index is -3.57. The van der Waals surface area contributed by atoms with Crippen molar-refractivity contribution in [3.8, 4) is 0 Å². The maximum atomic E-state index is 12.3. The Morgan fingerprint density at radius 2 is 1.32 bits per heavy atom. The number of carboxylic acids is 1. The molecule has 0 bridgehead atoms. The van der Waals surface area contributed by atoms with Crippen LogP contribution in [0, 0.1) is 0 Å². The molecule has 0 N–H and O–H groups in total. The first-order valence-electron chi connectivity index (χ1n) is 15.3. The number of hydrogen-bond acceptors (Lipinski definition) is 4. The number of carbonyl (C=O) groups excluding carboxylic acids is 2. The average molecular weight is 409 g/mol. The van der Waals surface area contributed by atoms with Crippen molar-refractivity contribution >= 4 is 11.9 Å². The minimum absolute atomic E-state index is 0.0728. The number of quaternary nitrogens is 1. The first-order chi connectivity index (χ1) is 17.0. The zero-order chi connectivity index (χ0) is 28.8. The summed E-state index contributed by atoms with van der Waals surface area (Å²) in [4.78, 5) is 23.5. The summed E-state index contributed by atoms with van der Waals surface area (Å²) in [5.74, 6) is -2.56. The number of carbonyl (C=O) groups is 2. The Kier molecular flexibility index (Phi) is 8.90. The largest absolute Gasteiger partial charge is 0.550 e. The van der Waals surface area contributed by atoms with Gasteiger partial charge in [0.1, 0.15) is 6.54 Å². The lowest BCUT2D eigenvalue weighted by Gasteiger charge is -2.29. The van der Waals surface area contributed by atoms with Crippen molar-refractivity contribution in [2.75, 3.05) is 27.5 Å². The lowest BCUT2D eigenvalue weighted by Crippen LogP contribution is -2.45. The second kappa shape index (κ2) is 16.8. The molecule has 0 fully saturated rings. The summed E-state index contributed by atoms with van der Waals surface area (Å²) in [6.45, 7) is -9.75. The van der Waals surface area contributed by atoms with E-state index in [4.69, 9.17) is 17.1 Å². The van der Waals surface area contributed by atoms with Gasteiger partial charge in [0.25, 0.3) is 0 Å². The van der Waals surface area contributed by atoms with E-state index in [1.165, 1.54) is 51.4 Å². The van der Waals surface area contributed by atoms with Crippen LogP contribution in [-0.4, -0.2) is 50.0 Å². The van der Waals surface area contributed by atoms with Gasteiger partial charge in [-0.05, 0) is 6.42 Å². The smallest absolute Gasteiger partial charge is 0.306 e. The van der Waals surface area contributed by atoms with Gasteiger partial charge in [-0.15, -0.1) is 0 Å². The van der Waals surface area contributed by atoms with Crippen LogP contribution in [0.4, 0.5) is 0 Å². The van der Waals surface area contributed by atoms with Crippen LogP contribution in [0.2, 0.25) is 0 Å². The molecule has 0 rings (SSSR count). The van der Waals surface area contributed by atoms with E-state index in [0.717, 1.165) is 25.7 Å². The van der Waals surface area contributed by atoms with Gasteiger partial charge >= 0.3 is 5.97 Å². The van der Waals surface area contributed by atoms with Crippen LogP contribution in [0.15, 0.2) is 0 Å². The summed E-state index contributed by atoms with van der Waals surface area (Å²) < 4.78 is 71.6. The Labute approximate surface area is 186 Å². The highest BCUT2D eigenvalue weighted by Gasteiger charge is 2.22. The first-order valence-corrected chi connectivity index (χ1v) is 10.8. The van der Waals surface area contributed by atoms with Crippen LogP contribution >= 0.6 is 0 Å². The first kappa shape index (κ1) is 14.8. The molecule has 0 aliphatic carbocycles. The molecule has 0 unspecified atom stereocenters. The number of unbranched alkanes of at least 4 members (excludes halogenated alkanes) is 12. The van der Waals surface area contributed by atoms with E-state index >= 15 is 0 Å². The lowest BCUT2D eigenvalue weighted by molar-refractivity contribution is -0.873. The number of likely N-dealkylation sites (N-methyl/N-ethyl adjacent to an activating group) is 1. The summed E-state index contributed by atoms with van der Waals surface area (Å²) in [7, 11) is 0. The second-order valence-corrected chi connectivity index (χ2v) is 7.67. The van der Waals surface area contributed by atoms with Gasteiger partial charge < -0.3 is 19.1 Å². The molecule has 0 aromatic carbocycles. The molecule has 28 heavy (non-hydrogen) atoms. The molecule has 0 heterocycles. The second-order valence-electron chi connectivity index (χ2n) is 7.67. The van der Waals surface area contributed by atoms with Crippen LogP contribution in [-0.2, 0) is 14.3 Å². The van der Waals surface area contributed by atoms with E-state index in [0.29, 0.717) is 6.42 Å². The molecule has 0 aliphatic rings. The Morgan fingerprint density at radius 1 is 0.857 bits per heavy atom. The van der Waals surface area contributed by atoms with Crippen molar-refractivity contribution in [3.63, 3.8) is 0 Å². The fourth-order valence-electron chi connectivity index (χ4n) is 3.17. The summed E-state index contributed by atoms with van der Waals surface area (Å²) in [6, 6.07) is 0. The zero-order valence-corrected chi connectivity index (χ0v) is 17.5. The SMILES string of the molecule is [2H]C([2H])([2H])[N+](C[C@@H](CC(=O)[O-])OC(=O)CCCCCCCCCCCCCCC)(C([2H])([2H])[2H])C([2H])([2H])[2H]. The molecule has 0 radical (unpaired) electrons. The predicted octanol–water partition coefficient (Wildman–Crippen LogP) is 4.23. The molecule has 0 aromatic rings. The standard InChI is InChI=1S/C23H45NO4/c1-5-6-7-8-9-10-11-12-13-14-15-16-17-18-23(27)28-21(19-22(25)26)20-24(2,3)4/h21H,5-20H2,1-4H3/t21-/m1/s1/i2D3,3D3,4D3. The van der Waals surface area contributed by atoms with Crippen LogP contribution < -0.4 is 5.11 Å². The molecule has 0 aromatic heterocycles. The minimum Gasteiger partial charge on any atom is -0.550 e. The van der Waals surface area contributed by atoms with Crippen molar-refractivity contribution in [1.29, 1.82) is 0 Å². The fraction of sp³-hybridized carbons (Fsp3) is 0.913. The lowest BCUT2D eigenvalue weighted by atomic mass is 10.0. The van der Waals surface area contributed by atoms with Gasteiger partial charge in [0.15, 0.2) is 6.10 Å². The van der Waals surface area contributed by atoms with Crippen LogP contribution in [0.1, 0.15) is 116 Å².